The Morgan fingerprint density at radius 3 is 2.61 bits per heavy atom. The highest BCUT2D eigenvalue weighted by Crippen LogP contribution is 2.26. The van der Waals surface area contributed by atoms with Crippen molar-refractivity contribution in [3.63, 3.8) is 0 Å². The molecule has 3 rings (SSSR count). The molecule has 0 spiro atoms. The molecule has 0 aliphatic carbocycles. The van der Waals surface area contributed by atoms with E-state index >= 15 is 0 Å². The lowest BCUT2D eigenvalue weighted by molar-refractivity contribution is -0.113. The molecule has 3 aromatic rings. The first-order valence-electron chi connectivity index (χ1n) is 8.40. The van der Waals surface area contributed by atoms with Crippen molar-refractivity contribution >= 4 is 58.3 Å². The number of hydrogen-bond acceptors (Lipinski definition) is 5. The normalized spacial score (nSPS) is 10.8. The zero-order valence-electron chi connectivity index (χ0n) is 15.1. The van der Waals surface area contributed by atoms with E-state index in [1.165, 1.54) is 11.8 Å². The van der Waals surface area contributed by atoms with Crippen molar-refractivity contribution in [2.75, 3.05) is 11.1 Å². The Bertz CT molecular complexity index is 950. The van der Waals surface area contributed by atoms with E-state index < -0.39 is 0 Å². The SMILES string of the molecule is Cn1c(CSCc2ccc(Cl)c(Cl)c2)nnc1SCC(=O)Nc1ccccc1. The highest BCUT2D eigenvalue weighted by Gasteiger charge is 2.12. The summed E-state index contributed by atoms with van der Waals surface area (Å²) in [5.41, 5.74) is 1.89. The monoisotopic (exact) mass is 452 g/mol. The van der Waals surface area contributed by atoms with Gasteiger partial charge in [0.05, 0.1) is 21.6 Å². The molecule has 0 atom stereocenters. The lowest BCUT2D eigenvalue weighted by atomic mass is 10.2. The van der Waals surface area contributed by atoms with Gasteiger partial charge >= 0.3 is 0 Å². The maximum absolute atomic E-state index is 12.1. The zero-order chi connectivity index (χ0) is 19.9. The number of nitrogens with zero attached hydrogens (tertiary/aromatic N) is 3. The molecule has 0 saturated heterocycles. The number of nitrogens with one attached hydrogen (secondary N) is 1. The van der Waals surface area contributed by atoms with Gasteiger partial charge in [-0.15, -0.1) is 22.0 Å². The summed E-state index contributed by atoms with van der Waals surface area (Å²) >= 11 is 15.1. The number of halogens is 2. The van der Waals surface area contributed by atoms with E-state index in [1.54, 1.807) is 17.8 Å². The lowest BCUT2D eigenvalue weighted by Gasteiger charge is -2.06. The Morgan fingerprint density at radius 1 is 1.07 bits per heavy atom. The van der Waals surface area contributed by atoms with E-state index in [4.69, 9.17) is 23.2 Å². The summed E-state index contributed by atoms with van der Waals surface area (Å²) in [5, 5.41) is 13.1. The minimum atomic E-state index is -0.0743. The number of benzene rings is 2. The highest BCUT2D eigenvalue weighted by atomic mass is 35.5. The van der Waals surface area contributed by atoms with Gasteiger partial charge in [-0.2, -0.15) is 0 Å². The number of rotatable bonds is 8. The van der Waals surface area contributed by atoms with Gasteiger partial charge in [0.1, 0.15) is 5.82 Å². The molecule has 0 unspecified atom stereocenters. The summed E-state index contributed by atoms with van der Waals surface area (Å²) in [6.45, 7) is 0. The van der Waals surface area contributed by atoms with Gasteiger partial charge in [0.2, 0.25) is 5.91 Å². The highest BCUT2D eigenvalue weighted by molar-refractivity contribution is 7.99. The predicted octanol–water partition coefficient (Wildman–Crippen LogP) is 5.29. The Labute approximate surface area is 182 Å². The van der Waals surface area contributed by atoms with Crippen LogP contribution in [0.1, 0.15) is 11.4 Å². The van der Waals surface area contributed by atoms with Crippen LogP contribution in [0.15, 0.2) is 53.7 Å². The van der Waals surface area contributed by atoms with Crippen LogP contribution in [0.5, 0.6) is 0 Å². The average molecular weight is 453 g/mol. The predicted molar refractivity (Wildman–Crippen MR) is 118 cm³/mol. The number of carbonyl (C=O) groups excluding carboxylic acids is 1. The van der Waals surface area contributed by atoms with Crippen LogP contribution in [0.4, 0.5) is 5.69 Å². The molecule has 9 heteroatoms. The van der Waals surface area contributed by atoms with Gasteiger partial charge in [-0.1, -0.05) is 59.2 Å². The molecule has 0 aliphatic rings. The number of anilines is 1. The van der Waals surface area contributed by atoms with E-state index in [1.807, 2.05) is 54.1 Å². The smallest absolute Gasteiger partial charge is 0.234 e. The fourth-order valence-corrected chi connectivity index (χ4v) is 4.34. The number of thioether (sulfide) groups is 2. The van der Waals surface area contributed by atoms with Crippen molar-refractivity contribution < 1.29 is 4.79 Å². The van der Waals surface area contributed by atoms with Crippen LogP contribution in [0.2, 0.25) is 10.0 Å². The summed E-state index contributed by atoms with van der Waals surface area (Å²) in [5.74, 6) is 2.56. The molecular formula is C19H18Cl2N4OS2. The van der Waals surface area contributed by atoms with E-state index in [-0.39, 0.29) is 11.7 Å². The molecule has 1 aromatic heterocycles. The summed E-state index contributed by atoms with van der Waals surface area (Å²) in [7, 11) is 1.91. The number of carbonyl (C=O) groups is 1. The van der Waals surface area contributed by atoms with Crippen LogP contribution in [0.25, 0.3) is 0 Å². The number of para-hydroxylation sites is 1. The first kappa shape index (κ1) is 21.0. The minimum absolute atomic E-state index is 0.0743. The second-order valence-electron chi connectivity index (χ2n) is 5.90. The largest absolute Gasteiger partial charge is 0.325 e. The topological polar surface area (TPSA) is 59.8 Å². The Hall–Kier alpha value is -1.67. The summed E-state index contributed by atoms with van der Waals surface area (Å²) in [4.78, 5) is 12.1. The van der Waals surface area contributed by atoms with Gasteiger partial charge in [0.15, 0.2) is 5.16 Å². The molecule has 0 fully saturated rings. The maximum Gasteiger partial charge on any atom is 0.234 e. The Balaban J connectivity index is 1.48. The molecule has 28 heavy (non-hydrogen) atoms. The third-order valence-corrected chi connectivity index (χ3v) is 6.56. The first-order valence-corrected chi connectivity index (χ1v) is 11.3. The van der Waals surface area contributed by atoms with Crippen LogP contribution < -0.4 is 5.32 Å². The Kier molecular flexibility index (Phi) is 7.67. The fourth-order valence-electron chi connectivity index (χ4n) is 2.33. The summed E-state index contributed by atoms with van der Waals surface area (Å²) < 4.78 is 1.92. The van der Waals surface area contributed by atoms with Crippen LogP contribution in [0.3, 0.4) is 0 Å². The average Bonchev–Trinajstić information content (AvgIpc) is 3.04. The number of hydrogen-bond donors (Lipinski definition) is 1. The molecule has 0 radical (unpaired) electrons. The number of aromatic nitrogens is 3. The van der Waals surface area contributed by atoms with E-state index in [9.17, 15) is 4.79 Å². The third-order valence-electron chi connectivity index (χ3n) is 3.80. The molecule has 0 saturated carbocycles. The van der Waals surface area contributed by atoms with Crippen LogP contribution in [0, 0.1) is 0 Å². The molecule has 146 valence electrons. The van der Waals surface area contributed by atoms with Crippen molar-refractivity contribution in [3.05, 3.63) is 70.0 Å². The molecule has 5 nitrogen and oxygen atoms in total. The molecule has 0 bridgehead atoms. The van der Waals surface area contributed by atoms with Crippen molar-refractivity contribution in [2.45, 2.75) is 16.7 Å². The van der Waals surface area contributed by atoms with Crippen LogP contribution in [-0.2, 0) is 23.3 Å². The van der Waals surface area contributed by atoms with E-state index in [0.717, 1.165) is 22.8 Å². The first-order chi connectivity index (χ1) is 13.5. The van der Waals surface area contributed by atoms with Crippen LogP contribution >= 0.6 is 46.7 Å². The van der Waals surface area contributed by atoms with Gasteiger partial charge in [-0.25, -0.2) is 0 Å². The second kappa shape index (κ2) is 10.2. The zero-order valence-corrected chi connectivity index (χ0v) is 18.2. The van der Waals surface area contributed by atoms with Crippen molar-refractivity contribution in [1.82, 2.24) is 14.8 Å². The third kappa shape index (κ3) is 5.91. The quantitative estimate of drug-likeness (QED) is 0.470. The fraction of sp³-hybridized carbons (Fsp3) is 0.211. The van der Waals surface area contributed by atoms with E-state index in [2.05, 4.69) is 15.5 Å². The molecule has 0 aliphatic heterocycles. The maximum atomic E-state index is 12.1. The number of amides is 1. The molecule has 2 aromatic carbocycles. The Morgan fingerprint density at radius 2 is 1.86 bits per heavy atom. The van der Waals surface area contributed by atoms with Gasteiger partial charge in [0, 0.05) is 18.5 Å². The molecule has 1 N–H and O–H groups in total. The van der Waals surface area contributed by atoms with Gasteiger partial charge in [-0.3, -0.25) is 4.79 Å². The van der Waals surface area contributed by atoms with Crippen molar-refractivity contribution in [2.24, 2.45) is 7.05 Å². The summed E-state index contributed by atoms with van der Waals surface area (Å²) in [6.07, 6.45) is 0. The van der Waals surface area contributed by atoms with E-state index in [0.29, 0.717) is 21.0 Å². The van der Waals surface area contributed by atoms with Crippen LogP contribution in [-0.4, -0.2) is 26.4 Å². The van der Waals surface area contributed by atoms with Gasteiger partial charge in [0.25, 0.3) is 0 Å². The van der Waals surface area contributed by atoms with Gasteiger partial charge < -0.3 is 9.88 Å². The van der Waals surface area contributed by atoms with Gasteiger partial charge in [-0.05, 0) is 29.8 Å². The van der Waals surface area contributed by atoms with Crippen molar-refractivity contribution in [3.8, 4) is 0 Å². The minimum Gasteiger partial charge on any atom is -0.325 e. The molecule has 1 heterocycles. The van der Waals surface area contributed by atoms with Crippen molar-refractivity contribution in [1.29, 1.82) is 0 Å². The molecular weight excluding hydrogens is 435 g/mol. The second-order valence-corrected chi connectivity index (χ2v) is 8.64. The lowest BCUT2D eigenvalue weighted by Crippen LogP contribution is -2.14. The standard InChI is InChI=1S/C19H18Cl2N4OS2/c1-25-17(11-27-10-13-7-8-15(20)16(21)9-13)23-24-19(25)28-12-18(26)22-14-5-3-2-4-6-14/h2-9H,10-12H2,1H3,(H,22,26). The molecule has 1 amide bonds. The summed E-state index contributed by atoms with van der Waals surface area (Å²) in [6, 6.07) is 15.0.